The van der Waals surface area contributed by atoms with Gasteiger partial charge in [0.2, 0.25) is 0 Å². The number of nitrogens with one attached hydrogen (secondary N) is 1. The van der Waals surface area contributed by atoms with E-state index in [9.17, 15) is 18.0 Å². The van der Waals surface area contributed by atoms with Gasteiger partial charge in [-0.3, -0.25) is 4.79 Å². The first-order valence-corrected chi connectivity index (χ1v) is 8.93. The molecular weight excluding hydrogens is 367 g/mol. The summed E-state index contributed by atoms with van der Waals surface area (Å²) in [6.45, 7) is 3.34. The Morgan fingerprint density at radius 1 is 1.07 bits per heavy atom. The molecule has 0 bridgehead atoms. The van der Waals surface area contributed by atoms with Gasteiger partial charge in [-0.25, -0.2) is 17.9 Å². The fraction of sp³-hybridized carbons (Fsp3) is 0.238. The van der Waals surface area contributed by atoms with Crippen LogP contribution in [-0.2, 0) is 0 Å². The van der Waals surface area contributed by atoms with Gasteiger partial charge in [-0.2, -0.15) is 5.10 Å². The first kappa shape index (κ1) is 18.3. The Morgan fingerprint density at radius 3 is 2.43 bits per heavy atom. The maximum absolute atomic E-state index is 14.1. The molecule has 2 aromatic carbocycles. The van der Waals surface area contributed by atoms with Crippen LogP contribution in [0.15, 0.2) is 42.5 Å². The molecule has 1 saturated carbocycles. The molecule has 0 spiro atoms. The Bertz CT molecular complexity index is 1060. The van der Waals surface area contributed by atoms with E-state index in [0.717, 1.165) is 24.1 Å². The van der Waals surface area contributed by atoms with Gasteiger partial charge in [0.05, 0.1) is 17.0 Å². The molecule has 2 atom stereocenters. The molecule has 7 heteroatoms. The van der Waals surface area contributed by atoms with Crippen molar-refractivity contribution >= 4 is 5.91 Å². The van der Waals surface area contributed by atoms with E-state index >= 15 is 0 Å². The third kappa shape index (κ3) is 3.28. The molecule has 0 unspecified atom stereocenters. The number of hydrogen-bond donors (Lipinski definition) is 1. The average Bonchev–Trinajstić information content (AvgIpc) is 3.33. The molecule has 0 saturated heterocycles. The SMILES string of the molecule is Cc1nn(-c2ccc(F)cc2F)c(C)c1C(=O)N[C@@H]1C[C@@H]1c1ccc(F)cc1. The largest absolute Gasteiger partial charge is 0.349 e. The Balaban J connectivity index is 1.54. The molecule has 1 fully saturated rings. The second-order valence-electron chi connectivity index (χ2n) is 7.03. The number of carbonyl (C=O) groups excluding carboxylic acids is 1. The van der Waals surface area contributed by atoms with Crippen LogP contribution < -0.4 is 5.32 Å². The number of aromatic nitrogens is 2. The number of nitrogens with zero attached hydrogens (tertiary/aromatic N) is 2. The fourth-order valence-corrected chi connectivity index (χ4v) is 3.53. The molecular formula is C21H18F3N3O. The lowest BCUT2D eigenvalue weighted by molar-refractivity contribution is 0.0949. The second kappa shape index (κ2) is 6.82. The zero-order chi connectivity index (χ0) is 20.0. The highest BCUT2D eigenvalue weighted by molar-refractivity contribution is 5.97. The minimum absolute atomic E-state index is 0.0392. The summed E-state index contributed by atoms with van der Waals surface area (Å²) in [5.74, 6) is -1.87. The smallest absolute Gasteiger partial charge is 0.255 e. The number of rotatable bonds is 4. The van der Waals surface area contributed by atoms with Gasteiger partial charge in [-0.15, -0.1) is 0 Å². The number of hydrogen-bond acceptors (Lipinski definition) is 2. The second-order valence-corrected chi connectivity index (χ2v) is 7.03. The summed E-state index contributed by atoms with van der Waals surface area (Å²) < 4.78 is 41.7. The lowest BCUT2D eigenvalue weighted by atomic mass is 10.1. The number of carbonyl (C=O) groups is 1. The first-order valence-electron chi connectivity index (χ1n) is 8.93. The van der Waals surface area contributed by atoms with Gasteiger partial charge in [0.1, 0.15) is 17.3 Å². The monoisotopic (exact) mass is 385 g/mol. The lowest BCUT2D eigenvalue weighted by Crippen LogP contribution is -2.27. The first-order chi connectivity index (χ1) is 13.3. The highest BCUT2D eigenvalue weighted by Gasteiger charge is 2.40. The molecule has 1 heterocycles. The maximum atomic E-state index is 14.1. The number of benzene rings is 2. The highest BCUT2D eigenvalue weighted by Crippen LogP contribution is 2.41. The molecule has 3 aromatic rings. The van der Waals surface area contributed by atoms with E-state index in [1.165, 1.54) is 22.9 Å². The van der Waals surface area contributed by atoms with Gasteiger partial charge in [0.15, 0.2) is 5.82 Å². The van der Waals surface area contributed by atoms with Crippen molar-refractivity contribution in [2.75, 3.05) is 0 Å². The molecule has 4 nitrogen and oxygen atoms in total. The van der Waals surface area contributed by atoms with Crippen LogP contribution in [0, 0.1) is 31.3 Å². The highest BCUT2D eigenvalue weighted by atomic mass is 19.1. The van der Waals surface area contributed by atoms with Crippen LogP contribution in [0.4, 0.5) is 13.2 Å². The van der Waals surface area contributed by atoms with Crippen LogP contribution in [0.25, 0.3) is 5.69 Å². The predicted octanol–water partition coefficient (Wildman–Crippen LogP) is 4.19. The lowest BCUT2D eigenvalue weighted by Gasteiger charge is -2.08. The molecule has 1 amide bonds. The van der Waals surface area contributed by atoms with E-state index in [1.54, 1.807) is 26.0 Å². The Labute approximate surface area is 160 Å². The zero-order valence-corrected chi connectivity index (χ0v) is 15.3. The van der Waals surface area contributed by atoms with Crippen molar-refractivity contribution in [3.63, 3.8) is 0 Å². The summed E-state index contributed by atoms with van der Waals surface area (Å²) in [6, 6.07) is 9.43. The van der Waals surface area contributed by atoms with Crippen LogP contribution >= 0.6 is 0 Å². The van der Waals surface area contributed by atoms with Crippen molar-refractivity contribution in [2.24, 2.45) is 0 Å². The van der Waals surface area contributed by atoms with Crippen LogP contribution in [-0.4, -0.2) is 21.7 Å². The molecule has 0 aliphatic heterocycles. The minimum Gasteiger partial charge on any atom is -0.349 e. The molecule has 0 radical (unpaired) electrons. The van der Waals surface area contributed by atoms with Crippen molar-refractivity contribution in [1.29, 1.82) is 0 Å². The van der Waals surface area contributed by atoms with Gasteiger partial charge in [-0.1, -0.05) is 12.1 Å². The molecule has 144 valence electrons. The van der Waals surface area contributed by atoms with Crippen molar-refractivity contribution in [2.45, 2.75) is 32.2 Å². The Kier molecular flexibility index (Phi) is 4.45. The third-order valence-corrected chi connectivity index (χ3v) is 5.06. The summed E-state index contributed by atoms with van der Waals surface area (Å²) >= 11 is 0. The van der Waals surface area contributed by atoms with E-state index < -0.39 is 11.6 Å². The Morgan fingerprint density at radius 2 is 1.75 bits per heavy atom. The van der Waals surface area contributed by atoms with Crippen LogP contribution in [0.2, 0.25) is 0 Å². The van der Waals surface area contributed by atoms with E-state index in [0.29, 0.717) is 17.0 Å². The van der Waals surface area contributed by atoms with Crippen LogP contribution in [0.1, 0.15) is 39.6 Å². The summed E-state index contributed by atoms with van der Waals surface area (Å²) in [4.78, 5) is 12.8. The summed E-state index contributed by atoms with van der Waals surface area (Å²) in [5.41, 5.74) is 2.35. The quantitative estimate of drug-likeness (QED) is 0.732. The summed E-state index contributed by atoms with van der Waals surface area (Å²) in [6.07, 6.45) is 0.774. The van der Waals surface area contributed by atoms with E-state index in [2.05, 4.69) is 10.4 Å². The zero-order valence-electron chi connectivity index (χ0n) is 15.3. The minimum atomic E-state index is -0.754. The molecule has 4 rings (SSSR count). The van der Waals surface area contributed by atoms with Crippen molar-refractivity contribution < 1.29 is 18.0 Å². The van der Waals surface area contributed by atoms with E-state index in [-0.39, 0.29) is 29.4 Å². The van der Waals surface area contributed by atoms with Gasteiger partial charge in [0.25, 0.3) is 5.91 Å². The molecule has 1 aromatic heterocycles. The maximum Gasteiger partial charge on any atom is 0.255 e. The Hall–Kier alpha value is -3.09. The molecule has 1 aliphatic rings. The van der Waals surface area contributed by atoms with Crippen molar-refractivity contribution in [1.82, 2.24) is 15.1 Å². The van der Waals surface area contributed by atoms with Crippen molar-refractivity contribution in [3.8, 4) is 5.69 Å². The van der Waals surface area contributed by atoms with E-state index in [1.807, 2.05) is 0 Å². The average molecular weight is 385 g/mol. The standard InChI is InChI=1S/C21H18F3N3O/c1-11-20(12(2)27(26-11)19-8-7-15(23)9-17(19)24)21(28)25-18-10-16(18)13-3-5-14(22)6-4-13/h3-9,16,18H,10H2,1-2H3,(H,25,28)/t16-,18-/m1/s1. The van der Waals surface area contributed by atoms with E-state index in [4.69, 9.17) is 0 Å². The number of amides is 1. The topological polar surface area (TPSA) is 46.9 Å². The number of halogens is 3. The molecule has 28 heavy (non-hydrogen) atoms. The summed E-state index contributed by atoms with van der Waals surface area (Å²) in [7, 11) is 0. The summed E-state index contributed by atoms with van der Waals surface area (Å²) in [5, 5.41) is 7.22. The van der Waals surface area contributed by atoms with Gasteiger partial charge < -0.3 is 5.32 Å². The number of aryl methyl sites for hydroxylation is 1. The normalized spacial score (nSPS) is 18.2. The van der Waals surface area contributed by atoms with Gasteiger partial charge in [-0.05, 0) is 50.1 Å². The van der Waals surface area contributed by atoms with Crippen LogP contribution in [0.5, 0.6) is 0 Å². The fourth-order valence-electron chi connectivity index (χ4n) is 3.53. The van der Waals surface area contributed by atoms with Crippen molar-refractivity contribution in [3.05, 3.63) is 82.4 Å². The molecule has 1 N–H and O–H groups in total. The van der Waals surface area contributed by atoms with Crippen LogP contribution in [0.3, 0.4) is 0 Å². The van der Waals surface area contributed by atoms with Gasteiger partial charge >= 0.3 is 0 Å². The predicted molar refractivity (Wildman–Crippen MR) is 98.0 cm³/mol. The molecule has 1 aliphatic carbocycles. The van der Waals surface area contributed by atoms with Gasteiger partial charge in [0, 0.05) is 18.0 Å². The third-order valence-electron chi connectivity index (χ3n) is 5.06.